The molecule has 21 heavy (non-hydrogen) atoms. The van der Waals surface area contributed by atoms with Gasteiger partial charge in [-0.3, -0.25) is 0 Å². The monoisotopic (exact) mass is 280 g/mol. The summed E-state index contributed by atoms with van der Waals surface area (Å²) < 4.78 is 5.46. The highest BCUT2D eigenvalue weighted by molar-refractivity contribution is 5.99. The summed E-state index contributed by atoms with van der Waals surface area (Å²) in [5, 5.41) is 10.4. The van der Waals surface area contributed by atoms with Crippen LogP contribution in [0.1, 0.15) is 6.92 Å². The van der Waals surface area contributed by atoms with Gasteiger partial charge in [-0.1, -0.05) is 24.3 Å². The van der Waals surface area contributed by atoms with Crippen molar-refractivity contribution in [1.82, 2.24) is 10.2 Å². The Hall–Kier alpha value is -2.66. The van der Waals surface area contributed by atoms with Gasteiger partial charge < -0.3 is 10.2 Å². The van der Waals surface area contributed by atoms with Crippen LogP contribution in [0.15, 0.2) is 48.5 Å². The molecule has 0 aliphatic carbocycles. The average Bonchev–Trinajstić information content (AvgIpc) is 2.55. The molecular weight excluding hydrogens is 264 g/mol. The number of rotatable bonds is 4. The zero-order valence-corrected chi connectivity index (χ0v) is 11.7. The van der Waals surface area contributed by atoms with Crippen molar-refractivity contribution in [2.75, 3.05) is 12.0 Å². The molecule has 1 aromatic heterocycles. The Balaban J connectivity index is 2.12. The number of nitrogen functional groups attached to an aromatic ring is 1. The Morgan fingerprint density at radius 1 is 1.00 bits per heavy atom. The maximum Gasteiger partial charge on any atom is 0.170 e. The quantitative estimate of drug-likeness (QED) is 0.568. The largest absolute Gasteiger partial charge is 0.494 e. The van der Waals surface area contributed by atoms with Crippen molar-refractivity contribution in [3.8, 4) is 17.0 Å². The Labute approximate surface area is 122 Å². The first kappa shape index (κ1) is 13.3. The predicted octanol–water partition coefficient (Wildman–Crippen LogP) is 2.98. The Bertz CT molecular complexity index is 756. The number of anilines is 1. The van der Waals surface area contributed by atoms with E-state index in [0.29, 0.717) is 12.4 Å². The lowest BCUT2D eigenvalue weighted by molar-refractivity contribution is 0.340. The van der Waals surface area contributed by atoms with Gasteiger partial charge >= 0.3 is 0 Å². The molecule has 5 nitrogen and oxygen atoms in total. The average molecular weight is 280 g/mol. The Morgan fingerprint density at radius 2 is 1.71 bits per heavy atom. The number of nitrogens with one attached hydrogen (secondary N) is 1. The van der Waals surface area contributed by atoms with Crippen molar-refractivity contribution in [2.24, 2.45) is 5.84 Å². The molecule has 0 bridgehead atoms. The van der Waals surface area contributed by atoms with E-state index in [0.717, 1.165) is 27.8 Å². The van der Waals surface area contributed by atoms with Crippen LogP contribution in [0.5, 0.6) is 5.75 Å². The minimum Gasteiger partial charge on any atom is -0.494 e. The van der Waals surface area contributed by atoms with Crippen molar-refractivity contribution in [3.05, 3.63) is 48.5 Å². The fourth-order valence-corrected chi connectivity index (χ4v) is 2.30. The van der Waals surface area contributed by atoms with Crippen molar-refractivity contribution in [2.45, 2.75) is 6.92 Å². The molecule has 0 fully saturated rings. The number of nitrogens with zero attached hydrogens (tertiary/aromatic N) is 2. The zero-order chi connectivity index (χ0) is 14.7. The van der Waals surface area contributed by atoms with E-state index >= 15 is 0 Å². The first-order valence-electron chi connectivity index (χ1n) is 6.78. The molecule has 1 heterocycles. The maximum atomic E-state index is 5.49. The lowest BCUT2D eigenvalue weighted by atomic mass is 10.0. The van der Waals surface area contributed by atoms with Gasteiger partial charge in [0.2, 0.25) is 0 Å². The number of benzene rings is 2. The van der Waals surface area contributed by atoms with Crippen molar-refractivity contribution >= 4 is 16.6 Å². The molecule has 0 amide bonds. The van der Waals surface area contributed by atoms with Gasteiger partial charge in [-0.05, 0) is 31.2 Å². The number of hydrogen-bond acceptors (Lipinski definition) is 5. The topological polar surface area (TPSA) is 73.1 Å². The molecule has 0 spiro atoms. The summed E-state index contributed by atoms with van der Waals surface area (Å²) >= 11 is 0. The molecule has 0 radical (unpaired) electrons. The molecule has 5 heteroatoms. The van der Waals surface area contributed by atoms with Crippen molar-refractivity contribution in [1.29, 1.82) is 0 Å². The zero-order valence-electron chi connectivity index (χ0n) is 11.7. The standard InChI is InChI=1S/C16H16N4O/c1-2-21-12-9-7-11(8-10-12)15-13-5-3-4-6-14(13)16(18-17)20-19-15/h3-10H,2,17H2,1H3,(H,18,20). The van der Waals surface area contributed by atoms with Gasteiger partial charge in [0.1, 0.15) is 11.4 Å². The lowest BCUT2D eigenvalue weighted by Gasteiger charge is -2.09. The van der Waals surface area contributed by atoms with Gasteiger partial charge in [-0.25, -0.2) is 5.84 Å². The first-order chi connectivity index (χ1) is 10.3. The molecule has 3 N–H and O–H groups in total. The van der Waals surface area contributed by atoms with Gasteiger partial charge in [0, 0.05) is 16.3 Å². The van der Waals surface area contributed by atoms with Crippen LogP contribution in [-0.4, -0.2) is 16.8 Å². The molecule has 0 unspecified atom stereocenters. The number of hydrazine groups is 1. The summed E-state index contributed by atoms with van der Waals surface area (Å²) in [6.45, 7) is 2.62. The second-order valence-electron chi connectivity index (χ2n) is 4.54. The van der Waals surface area contributed by atoms with Crippen LogP contribution in [0.4, 0.5) is 5.82 Å². The molecule has 0 atom stereocenters. The van der Waals surface area contributed by atoms with Crippen molar-refractivity contribution < 1.29 is 4.74 Å². The number of hydrogen-bond donors (Lipinski definition) is 2. The summed E-state index contributed by atoms with van der Waals surface area (Å²) in [6.07, 6.45) is 0. The number of nitrogens with two attached hydrogens (primary N) is 1. The summed E-state index contributed by atoms with van der Waals surface area (Å²) in [5.41, 5.74) is 4.40. The number of ether oxygens (including phenoxy) is 1. The molecular formula is C16H16N4O. The van der Waals surface area contributed by atoms with E-state index in [2.05, 4.69) is 15.6 Å². The van der Waals surface area contributed by atoms with Crippen LogP contribution in [0.2, 0.25) is 0 Å². The molecule has 0 saturated carbocycles. The van der Waals surface area contributed by atoms with Gasteiger partial charge in [0.25, 0.3) is 0 Å². The normalized spacial score (nSPS) is 10.6. The molecule has 0 aliphatic heterocycles. The van der Waals surface area contributed by atoms with Crippen molar-refractivity contribution in [3.63, 3.8) is 0 Å². The molecule has 106 valence electrons. The second kappa shape index (κ2) is 5.76. The minimum atomic E-state index is 0.570. The third kappa shape index (κ3) is 2.51. The summed E-state index contributed by atoms with van der Waals surface area (Å²) in [5.74, 6) is 6.90. The van der Waals surface area contributed by atoms with Gasteiger partial charge in [-0.15, -0.1) is 10.2 Å². The van der Waals surface area contributed by atoms with Crippen LogP contribution in [0.3, 0.4) is 0 Å². The number of aromatic nitrogens is 2. The highest BCUT2D eigenvalue weighted by Crippen LogP contribution is 2.30. The highest BCUT2D eigenvalue weighted by atomic mass is 16.5. The molecule has 3 aromatic rings. The summed E-state index contributed by atoms with van der Waals surface area (Å²) in [6, 6.07) is 15.7. The van der Waals surface area contributed by atoms with Crippen LogP contribution >= 0.6 is 0 Å². The van der Waals surface area contributed by atoms with Crippen LogP contribution in [0, 0.1) is 0 Å². The fourth-order valence-electron chi connectivity index (χ4n) is 2.30. The SMILES string of the molecule is CCOc1ccc(-c2nnc(NN)c3ccccc23)cc1. The van der Waals surface area contributed by atoms with E-state index in [1.807, 2.05) is 55.5 Å². The Kier molecular flexibility index (Phi) is 3.66. The highest BCUT2D eigenvalue weighted by Gasteiger charge is 2.10. The van der Waals surface area contributed by atoms with Crippen LogP contribution in [0.25, 0.3) is 22.0 Å². The lowest BCUT2D eigenvalue weighted by Crippen LogP contribution is -2.10. The van der Waals surface area contributed by atoms with Gasteiger partial charge in [0.15, 0.2) is 5.82 Å². The van der Waals surface area contributed by atoms with E-state index in [1.54, 1.807) is 0 Å². The smallest absolute Gasteiger partial charge is 0.170 e. The third-order valence-corrected chi connectivity index (χ3v) is 3.26. The molecule has 0 saturated heterocycles. The summed E-state index contributed by atoms with van der Waals surface area (Å²) in [4.78, 5) is 0. The second-order valence-corrected chi connectivity index (χ2v) is 4.54. The van der Waals surface area contributed by atoms with Gasteiger partial charge in [0.05, 0.1) is 6.61 Å². The van der Waals surface area contributed by atoms with Crippen LogP contribution in [-0.2, 0) is 0 Å². The van der Waals surface area contributed by atoms with Gasteiger partial charge in [-0.2, -0.15) is 0 Å². The molecule has 2 aromatic carbocycles. The maximum absolute atomic E-state index is 5.49. The molecule has 0 aliphatic rings. The van der Waals surface area contributed by atoms with E-state index in [-0.39, 0.29) is 0 Å². The Morgan fingerprint density at radius 3 is 2.38 bits per heavy atom. The fraction of sp³-hybridized carbons (Fsp3) is 0.125. The van der Waals surface area contributed by atoms with Crippen LogP contribution < -0.4 is 16.0 Å². The van der Waals surface area contributed by atoms with E-state index in [1.165, 1.54) is 0 Å². The van der Waals surface area contributed by atoms with E-state index < -0.39 is 0 Å². The van der Waals surface area contributed by atoms with E-state index in [9.17, 15) is 0 Å². The predicted molar refractivity (Wildman–Crippen MR) is 84.0 cm³/mol. The first-order valence-corrected chi connectivity index (χ1v) is 6.78. The van der Waals surface area contributed by atoms with E-state index in [4.69, 9.17) is 10.6 Å². The number of fused-ring (bicyclic) bond motifs is 1. The summed E-state index contributed by atoms with van der Waals surface area (Å²) in [7, 11) is 0. The third-order valence-electron chi connectivity index (χ3n) is 3.26. The molecule has 3 rings (SSSR count). The minimum absolute atomic E-state index is 0.570.